The molecule has 0 spiro atoms. The zero-order valence-corrected chi connectivity index (χ0v) is 17.7. The molecule has 0 N–H and O–H groups in total. The summed E-state index contributed by atoms with van der Waals surface area (Å²) in [5.41, 5.74) is 6.51. The standard InChI is InChI=1S/C23H32N4O/c1-16-12-22(28-4)17(2)11-19(16)15-27-9-5-18(6-10-27)23-24-13-20-14-26(3)8-7-21(20)25-23/h11-13,18H,5-10,14-15H2,1-4H3. The number of piperidine rings is 1. The molecule has 5 heteroatoms. The number of hydrogen-bond acceptors (Lipinski definition) is 5. The molecule has 1 fully saturated rings. The summed E-state index contributed by atoms with van der Waals surface area (Å²) in [6.07, 6.45) is 5.42. The van der Waals surface area contributed by atoms with E-state index in [1.807, 2.05) is 0 Å². The van der Waals surface area contributed by atoms with Gasteiger partial charge in [0, 0.05) is 49.4 Å². The molecule has 0 amide bonds. The third kappa shape index (κ3) is 4.06. The molecule has 0 unspecified atom stereocenters. The van der Waals surface area contributed by atoms with E-state index in [4.69, 9.17) is 14.7 Å². The normalized spacial score (nSPS) is 18.9. The second-order valence-electron chi connectivity index (χ2n) is 8.49. The number of hydrogen-bond donors (Lipinski definition) is 0. The highest BCUT2D eigenvalue weighted by molar-refractivity contribution is 5.41. The van der Waals surface area contributed by atoms with Gasteiger partial charge >= 0.3 is 0 Å². The maximum absolute atomic E-state index is 5.45. The van der Waals surface area contributed by atoms with Crippen LogP contribution in [-0.2, 0) is 19.5 Å². The third-order valence-corrected chi connectivity index (χ3v) is 6.34. The molecule has 4 rings (SSSR count). The Morgan fingerprint density at radius 3 is 2.64 bits per heavy atom. The summed E-state index contributed by atoms with van der Waals surface area (Å²) in [4.78, 5) is 14.6. The Morgan fingerprint density at radius 1 is 1.11 bits per heavy atom. The van der Waals surface area contributed by atoms with Crippen LogP contribution >= 0.6 is 0 Å². The average molecular weight is 381 g/mol. The predicted octanol–water partition coefficient (Wildman–Crippen LogP) is 3.47. The smallest absolute Gasteiger partial charge is 0.131 e. The summed E-state index contributed by atoms with van der Waals surface area (Å²) < 4.78 is 5.45. The fourth-order valence-corrected chi connectivity index (χ4v) is 4.50. The van der Waals surface area contributed by atoms with Gasteiger partial charge in [-0.05, 0) is 69.6 Å². The van der Waals surface area contributed by atoms with Crippen molar-refractivity contribution in [3.8, 4) is 5.75 Å². The fraction of sp³-hybridized carbons (Fsp3) is 0.565. The van der Waals surface area contributed by atoms with Crippen LogP contribution in [0.1, 0.15) is 52.5 Å². The molecule has 2 aromatic rings. The number of likely N-dealkylation sites (tertiary alicyclic amines) is 1. The number of ether oxygens (including phenoxy) is 1. The summed E-state index contributed by atoms with van der Waals surface area (Å²) in [7, 11) is 3.91. The number of likely N-dealkylation sites (N-methyl/N-ethyl adjacent to an activating group) is 1. The molecular formula is C23H32N4O. The number of rotatable bonds is 4. The lowest BCUT2D eigenvalue weighted by atomic mass is 9.94. The van der Waals surface area contributed by atoms with Crippen molar-refractivity contribution in [1.82, 2.24) is 19.8 Å². The van der Waals surface area contributed by atoms with Crippen LogP contribution in [0.15, 0.2) is 18.3 Å². The van der Waals surface area contributed by atoms with Crippen molar-refractivity contribution in [3.05, 3.63) is 52.1 Å². The number of aromatic nitrogens is 2. The first-order valence-electron chi connectivity index (χ1n) is 10.4. The topological polar surface area (TPSA) is 41.5 Å². The quantitative estimate of drug-likeness (QED) is 0.812. The summed E-state index contributed by atoms with van der Waals surface area (Å²) in [6.45, 7) is 9.62. The molecular weight excluding hydrogens is 348 g/mol. The van der Waals surface area contributed by atoms with Gasteiger partial charge in [-0.1, -0.05) is 6.07 Å². The maximum Gasteiger partial charge on any atom is 0.131 e. The molecule has 28 heavy (non-hydrogen) atoms. The highest BCUT2D eigenvalue weighted by Gasteiger charge is 2.25. The van der Waals surface area contributed by atoms with E-state index in [9.17, 15) is 0 Å². The highest BCUT2D eigenvalue weighted by atomic mass is 16.5. The molecule has 0 bridgehead atoms. The van der Waals surface area contributed by atoms with Crippen molar-refractivity contribution < 1.29 is 4.74 Å². The van der Waals surface area contributed by atoms with Crippen LogP contribution in [0.4, 0.5) is 0 Å². The van der Waals surface area contributed by atoms with Gasteiger partial charge in [-0.15, -0.1) is 0 Å². The zero-order chi connectivity index (χ0) is 19.7. The van der Waals surface area contributed by atoms with Gasteiger partial charge < -0.3 is 9.64 Å². The minimum Gasteiger partial charge on any atom is -0.496 e. The Kier molecular flexibility index (Phi) is 5.65. The Morgan fingerprint density at radius 2 is 1.89 bits per heavy atom. The molecule has 5 nitrogen and oxygen atoms in total. The SMILES string of the molecule is COc1cc(C)c(CN2CCC(c3ncc4c(n3)CCN(C)C4)CC2)cc1C. The van der Waals surface area contributed by atoms with Gasteiger partial charge in [0.25, 0.3) is 0 Å². The van der Waals surface area contributed by atoms with Crippen molar-refractivity contribution >= 4 is 0 Å². The van der Waals surface area contributed by atoms with Gasteiger partial charge in [0.15, 0.2) is 0 Å². The van der Waals surface area contributed by atoms with Crippen LogP contribution in [0.25, 0.3) is 0 Å². The number of aryl methyl sites for hydroxylation is 2. The second-order valence-corrected chi connectivity index (χ2v) is 8.49. The number of benzene rings is 1. The lowest BCUT2D eigenvalue weighted by Gasteiger charge is -2.32. The first-order chi connectivity index (χ1) is 13.5. The molecule has 150 valence electrons. The van der Waals surface area contributed by atoms with Crippen LogP contribution in [0.2, 0.25) is 0 Å². The van der Waals surface area contributed by atoms with Crippen molar-refractivity contribution in [2.45, 2.75) is 52.1 Å². The molecule has 3 heterocycles. The minimum absolute atomic E-state index is 0.500. The van der Waals surface area contributed by atoms with Crippen LogP contribution in [-0.4, -0.2) is 53.6 Å². The molecule has 0 atom stereocenters. The highest BCUT2D eigenvalue weighted by Crippen LogP contribution is 2.29. The van der Waals surface area contributed by atoms with E-state index < -0.39 is 0 Å². The van der Waals surface area contributed by atoms with E-state index in [0.29, 0.717) is 5.92 Å². The molecule has 1 aromatic carbocycles. The van der Waals surface area contributed by atoms with Crippen molar-refractivity contribution in [2.24, 2.45) is 0 Å². The van der Waals surface area contributed by atoms with Gasteiger partial charge in [0.2, 0.25) is 0 Å². The molecule has 0 aliphatic carbocycles. The van der Waals surface area contributed by atoms with Gasteiger partial charge in [-0.3, -0.25) is 4.90 Å². The lowest BCUT2D eigenvalue weighted by Crippen LogP contribution is -2.33. The largest absolute Gasteiger partial charge is 0.496 e. The van der Waals surface area contributed by atoms with Crippen molar-refractivity contribution in [1.29, 1.82) is 0 Å². The molecule has 1 aromatic heterocycles. The molecule has 0 saturated carbocycles. The second kappa shape index (κ2) is 8.18. The van der Waals surface area contributed by atoms with E-state index in [2.05, 4.69) is 49.0 Å². The van der Waals surface area contributed by atoms with E-state index in [-0.39, 0.29) is 0 Å². The number of fused-ring (bicyclic) bond motifs is 1. The molecule has 2 aliphatic heterocycles. The van der Waals surface area contributed by atoms with Crippen LogP contribution in [0, 0.1) is 13.8 Å². The average Bonchev–Trinajstić information content (AvgIpc) is 2.70. The maximum atomic E-state index is 5.45. The summed E-state index contributed by atoms with van der Waals surface area (Å²) in [5, 5.41) is 0. The van der Waals surface area contributed by atoms with Crippen LogP contribution in [0.3, 0.4) is 0 Å². The van der Waals surface area contributed by atoms with Gasteiger partial charge in [0.05, 0.1) is 7.11 Å². The van der Waals surface area contributed by atoms with Gasteiger partial charge in [-0.25, -0.2) is 9.97 Å². The van der Waals surface area contributed by atoms with Crippen LogP contribution in [0.5, 0.6) is 5.75 Å². The predicted molar refractivity (Wildman–Crippen MR) is 112 cm³/mol. The first-order valence-corrected chi connectivity index (χ1v) is 10.4. The Bertz CT molecular complexity index is 843. The summed E-state index contributed by atoms with van der Waals surface area (Å²) in [5.74, 6) is 2.55. The molecule has 1 saturated heterocycles. The monoisotopic (exact) mass is 380 g/mol. The van der Waals surface area contributed by atoms with Crippen molar-refractivity contribution in [2.75, 3.05) is 33.8 Å². The van der Waals surface area contributed by atoms with Crippen molar-refractivity contribution in [3.63, 3.8) is 0 Å². The van der Waals surface area contributed by atoms with Crippen LogP contribution < -0.4 is 4.74 Å². The summed E-state index contributed by atoms with van der Waals surface area (Å²) >= 11 is 0. The Hall–Kier alpha value is -1.98. The Balaban J connectivity index is 1.38. The zero-order valence-electron chi connectivity index (χ0n) is 17.7. The van der Waals surface area contributed by atoms with E-state index in [1.165, 1.54) is 27.9 Å². The molecule has 2 aliphatic rings. The summed E-state index contributed by atoms with van der Waals surface area (Å²) in [6, 6.07) is 4.44. The molecule has 0 radical (unpaired) electrons. The first kappa shape index (κ1) is 19.3. The number of nitrogens with zero attached hydrogens (tertiary/aromatic N) is 4. The lowest BCUT2D eigenvalue weighted by molar-refractivity contribution is 0.201. The third-order valence-electron chi connectivity index (χ3n) is 6.34. The van der Waals surface area contributed by atoms with E-state index in [0.717, 1.165) is 63.6 Å². The van der Waals surface area contributed by atoms with Gasteiger partial charge in [0.1, 0.15) is 11.6 Å². The van der Waals surface area contributed by atoms with E-state index >= 15 is 0 Å². The van der Waals surface area contributed by atoms with E-state index in [1.54, 1.807) is 7.11 Å². The fourth-order valence-electron chi connectivity index (χ4n) is 4.50. The van der Waals surface area contributed by atoms with Gasteiger partial charge in [-0.2, -0.15) is 0 Å². The number of methoxy groups -OCH3 is 1. The Labute approximate surface area is 168 Å². The minimum atomic E-state index is 0.500.